The molecule has 0 spiro atoms. The Morgan fingerprint density at radius 2 is 2.10 bits per heavy atom. The lowest BCUT2D eigenvalue weighted by Gasteiger charge is -2.25. The van der Waals surface area contributed by atoms with Crippen molar-refractivity contribution in [3.05, 3.63) is 85.8 Å². The minimum Gasteiger partial charge on any atom is -0.466 e. The maximum absolute atomic E-state index is 12.9. The average molecular weight is 585 g/mol. The van der Waals surface area contributed by atoms with Crippen molar-refractivity contribution < 1.29 is 9.53 Å². The van der Waals surface area contributed by atoms with Crippen molar-refractivity contribution in [2.75, 3.05) is 13.2 Å². The summed E-state index contributed by atoms with van der Waals surface area (Å²) in [5.41, 5.74) is 7.82. The van der Waals surface area contributed by atoms with E-state index >= 15 is 0 Å². The van der Waals surface area contributed by atoms with Gasteiger partial charge in [-0.1, -0.05) is 30.7 Å². The number of pyridine rings is 2. The molecule has 1 aliphatic rings. The molecular formula is C32H36N6O3S. The third-order valence-corrected chi connectivity index (χ3v) is 9.50. The highest BCUT2D eigenvalue weighted by atomic mass is 32.1. The van der Waals surface area contributed by atoms with E-state index in [1.54, 1.807) is 22.1 Å². The van der Waals surface area contributed by atoms with Gasteiger partial charge in [0.1, 0.15) is 5.52 Å². The van der Waals surface area contributed by atoms with E-state index in [-0.39, 0.29) is 23.9 Å². The molecule has 1 aliphatic heterocycles. The Morgan fingerprint density at radius 3 is 2.90 bits per heavy atom. The number of rotatable bonds is 8. The lowest BCUT2D eigenvalue weighted by atomic mass is 9.85. The second-order valence-corrected chi connectivity index (χ2v) is 12.2. The van der Waals surface area contributed by atoms with E-state index < -0.39 is 0 Å². The van der Waals surface area contributed by atoms with Gasteiger partial charge in [-0.2, -0.15) is 0 Å². The fourth-order valence-electron chi connectivity index (χ4n) is 6.29. The molecule has 0 fully saturated rings. The molecule has 6 rings (SSSR count). The largest absolute Gasteiger partial charge is 0.466 e. The minimum absolute atomic E-state index is 0.0582. The topological polar surface area (TPSA) is 106 Å². The van der Waals surface area contributed by atoms with Crippen LogP contribution in [0, 0.1) is 12.8 Å². The van der Waals surface area contributed by atoms with Gasteiger partial charge in [-0.25, -0.2) is 9.67 Å². The van der Waals surface area contributed by atoms with Crippen LogP contribution in [0.25, 0.3) is 21.3 Å². The van der Waals surface area contributed by atoms with Crippen molar-refractivity contribution >= 4 is 38.6 Å². The van der Waals surface area contributed by atoms with Crippen molar-refractivity contribution in [2.45, 2.75) is 59.0 Å². The lowest BCUT2D eigenvalue weighted by molar-refractivity contribution is -0.143. The number of esters is 1. The third-order valence-electron chi connectivity index (χ3n) is 8.49. The molecule has 4 aromatic heterocycles. The van der Waals surface area contributed by atoms with Gasteiger partial charge in [-0.05, 0) is 76.9 Å². The Bertz CT molecular complexity index is 1820. The fourth-order valence-corrected chi connectivity index (χ4v) is 7.18. The van der Waals surface area contributed by atoms with Crippen molar-refractivity contribution in [1.29, 1.82) is 0 Å². The number of hydrogen-bond acceptors (Lipinski definition) is 8. The first kappa shape index (κ1) is 28.2. The van der Waals surface area contributed by atoms with Crippen LogP contribution in [-0.2, 0) is 36.1 Å². The third kappa shape index (κ3) is 5.48. The molecular weight excluding hydrogens is 548 g/mol. The zero-order valence-corrected chi connectivity index (χ0v) is 25.3. The van der Waals surface area contributed by atoms with Crippen LogP contribution in [0.15, 0.2) is 46.7 Å². The Labute approximate surface area is 248 Å². The molecule has 0 bridgehead atoms. The monoisotopic (exact) mass is 584 g/mol. The summed E-state index contributed by atoms with van der Waals surface area (Å²) < 4.78 is 8.33. The predicted octanol–water partition coefficient (Wildman–Crippen LogP) is 5.24. The molecule has 9 nitrogen and oxygen atoms in total. The molecule has 1 aromatic carbocycles. The van der Waals surface area contributed by atoms with Gasteiger partial charge in [0.25, 0.3) is 0 Å². The summed E-state index contributed by atoms with van der Waals surface area (Å²) in [5, 5.41) is 11.8. The van der Waals surface area contributed by atoms with Crippen LogP contribution in [0.5, 0.6) is 0 Å². The number of hydrogen-bond donors (Lipinski definition) is 1. The number of benzene rings is 1. The number of carbonyl (C=O) groups excluding carboxylic acids is 1. The minimum atomic E-state index is -0.254. The summed E-state index contributed by atoms with van der Waals surface area (Å²) in [4.78, 5) is 35.4. The number of aromatic nitrogens is 5. The van der Waals surface area contributed by atoms with Crippen LogP contribution in [0.1, 0.15) is 66.1 Å². The van der Waals surface area contributed by atoms with Crippen molar-refractivity contribution in [3.8, 4) is 0 Å². The van der Waals surface area contributed by atoms with Gasteiger partial charge >= 0.3 is 5.97 Å². The molecule has 5 heterocycles. The highest BCUT2D eigenvalue weighted by Gasteiger charge is 2.26. The summed E-state index contributed by atoms with van der Waals surface area (Å²) in [6.45, 7) is 8.80. The van der Waals surface area contributed by atoms with E-state index in [1.807, 2.05) is 33.2 Å². The highest BCUT2D eigenvalue weighted by molar-refractivity contribution is 7.17. The molecule has 0 aliphatic carbocycles. The summed E-state index contributed by atoms with van der Waals surface area (Å²) >= 11 is 1.74. The number of ether oxygens (including phenoxy) is 1. The van der Waals surface area contributed by atoms with Gasteiger partial charge < -0.3 is 9.72 Å². The zero-order chi connectivity index (χ0) is 29.4. The number of fused-ring (bicyclic) bond motifs is 3. The SMILES string of the molecule is CCOC(=O)C[C@H](c1cc(CN2Cc3[nH]c(=O)ccc3C[C@H](CC)C2)c2sccc2c1)c1cnc2c(nnn2C)c1C. The molecule has 218 valence electrons. The van der Waals surface area contributed by atoms with E-state index in [4.69, 9.17) is 4.74 Å². The standard InChI is InChI=1S/C32H36N6O3S/c1-5-20-11-21-7-8-28(39)34-27(21)18-38(16-20)17-24-13-23(12-22-9-10-42-31(22)24)25(14-29(40)41-6-2)26-15-33-32-30(19(26)3)35-36-37(32)4/h7-10,12-13,15,20,25H,5-6,11,14,16-18H2,1-4H3,(H,34,39)/t20-,25+/m0/s1. The number of nitrogens with zero attached hydrogens (tertiary/aromatic N) is 5. The Morgan fingerprint density at radius 1 is 1.24 bits per heavy atom. The number of H-pyrrole nitrogens is 1. The van der Waals surface area contributed by atoms with E-state index in [0.29, 0.717) is 24.7 Å². The van der Waals surface area contributed by atoms with E-state index in [0.717, 1.165) is 59.2 Å². The molecule has 10 heteroatoms. The Balaban J connectivity index is 1.42. The van der Waals surface area contributed by atoms with Gasteiger partial charge in [0.05, 0.1) is 13.0 Å². The van der Waals surface area contributed by atoms with E-state index in [2.05, 4.69) is 55.7 Å². The second-order valence-electron chi connectivity index (χ2n) is 11.3. The zero-order valence-electron chi connectivity index (χ0n) is 24.5. The van der Waals surface area contributed by atoms with Gasteiger partial charge in [-0.15, -0.1) is 16.4 Å². The van der Waals surface area contributed by atoms with Crippen molar-refractivity contribution in [3.63, 3.8) is 0 Å². The Hall–Kier alpha value is -3.89. The molecule has 0 saturated heterocycles. The fraction of sp³-hybridized carbons (Fsp3) is 0.406. The normalized spacial score (nSPS) is 16.4. The maximum Gasteiger partial charge on any atom is 0.306 e. The summed E-state index contributed by atoms with van der Waals surface area (Å²) in [7, 11) is 1.83. The molecule has 0 radical (unpaired) electrons. The van der Waals surface area contributed by atoms with Crippen molar-refractivity contribution in [2.24, 2.45) is 13.0 Å². The van der Waals surface area contributed by atoms with Crippen LogP contribution in [-0.4, -0.2) is 49.0 Å². The van der Waals surface area contributed by atoms with Gasteiger partial charge in [0.15, 0.2) is 5.65 Å². The van der Waals surface area contributed by atoms with Crippen LogP contribution in [0.3, 0.4) is 0 Å². The average Bonchev–Trinajstić information content (AvgIpc) is 3.56. The molecule has 5 aromatic rings. The van der Waals surface area contributed by atoms with Crippen molar-refractivity contribution in [1.82, 2.24) is 29.9 Å². The smallest absolute Gasteiger partial charge is 0.306 e. The maximum atomic E-state index is 12.9. The van der Waals surface area contributed by atoms with E-state index in [9.17, 15) is 9.59 Å². The number of carbonyl (C=O) groups is 1. The van der Waals surface area contributed by atoms with E-state index in [1.165, 1.54) is 15.8 Å². The number of thiophene rings is 1. The predicted molar refractivity (Wildman–Crippen MR) is 165 cm³/mol. The molecule has 0 unspecified atom stereocenters. The Kier molecular flexibility index (Phi) is 7.92. The summed E-state index contributed by atoms with van der Waals surface area (Å²) in [6, 6.07) is 10.2. The first-order valence-electron chi connectivity index (χ1n) is 14.6. The highest BCUT2D eigenvalue weighted by Crippen LogP contribution is 2.37. The van der Waals surface area contributed by atoms with Crippen LogP contribution in [0.4, 0.5) is 0 Å². The van der Waals surface area contributed by atoms with Crippen LogP contribution < -0.4 is 5.56 Å². The molecule has 0 amide bonds. The van der Waals surface area contributed by atoms with Crippen LogP contribution in [0.2, 0.25) is 0 Å². The van der Waals surface area contributed by atoms with Gasteiger partial charge in [0.2, 0.25) is 5.56 Å². The molecule has 2 atom stereocenters. The molecule has 42 heavy (non-hydrogen) atoms. The second kappa shape index (κ2) is 11.8. The number of aromatic amines is 1. The quantitative estimate of drug-likeness (QED) is 0.249. The summed E-state index contributed by atoms with van der Waals surface area (Å²) in [5.74, 6) is 0.00532. The first-order valence-corrected chi connectivity index (χ1v) is 15.5. The van der Waals surface area contributed by atoms with Crippen LogP contribution >= 0.6 is 11.3 Å². The number of aryl methyl sites for hydroxylation is 2. The van der Waals surface area contributed by atoms with Gasteiger partial charge in [0, 0.05) is 55.3 Å². The molecule has 0 saturated carbocycles. The molecule has 1 N–H and O–H groups in total. The summed E-state index contributed by atoms with van der Waals surface area (Å²) in [6.07, 6.45) is 4.10. The lowest BCUT2D eigenvalue weighted by Crippen LogP contribution is -2.28. The van der Waals surface area contributed by atoms with Gasteiger partial charge in [-0.3, -0.25) is 14.5 Å². The number of nitrogens with one attached hydrogen (secondary N) is 1. The first-order chi connectivity index (χ1) is 20.3.